The van der Waals surface area contributed by atoms with E-state index in [1.165, 1.54) is 47.0 Å². The van der Waals surface area contributed by atoms with E-state index in [1.54, 1.807) is 29.6 Å². The van der Waals surface area contributed by atoms with Gasteiger partial charge in [0.05, 0.1) is 29.9 Å². The summed E-state index contributed by atoms with van der Waals surface area (Å²) < 4.78 is 66.8. The smallest absolute Gasteiger partial charge is 0.357 e. The maximum absolute atomic E-state index is 13.7. The van der Waals surface area contributed by atoms with Crippen LogP contribution in [0.4, 0.5) is 10.8 Å². The number of anilines is 2. The lowest BCUT2D eigenvalue weighted by Crippen LogP contribution is -2.30. The number of nitrogens with zero attached hydrogens (tertiary/aromatic N) is 2. The number of benzene rings is 3. The molecule has 182 valence electrons. The molecule has 2 N–H and O–H groups in total. The van der Waals surface area contributed by atoms with Crippen molar-refractivity contribution in [2.24, 2.45) is 0 Å². The van der Waals surface area contributed by atoms with Gasteiger partial charge in [-0.1, -0.05) is 48.5 Å². The van der Waals surface area contributed by atoms with Gasteiger partial charge in [0.2, 0.25) is 0 Å². The molecule has 1 aromatic heterocycles. The molecule has 35 heavy (non-hydrogen) atoms. The first-order valence-corrected chi connectivity index (χ1v) is 13.9. The lowest BCUT2D eigenvalue weighted by molar-refractivity contribution is 0.413. The molecule has 0 radical (unpaired) electrons. The van der Waals surface area contributed by atoms with Crippen molar-refractivity contribution < 1.29 is 26.1 Å². The van der Waals surface area contributed by atoms with Gasteiger partial charge in [-0.2, -0.15) is 8.42 Å². The minimum atomic E-state index is -4.42. The van der Waals surface area contributed by atoms with Gasteiger partial charge >= 0.3 is 10.3 Å². The summed E-state index contributed by atoms with van der Waals surface area (Å²) in [5.74, 6) is 0.399. The molecular weight excluding hydrogens is 510 g/mol. The third kappa shape index (κ3) is 5.98. The number of nitrogens with one attached hydrogen (secondary N) is 1. The summed E-state index contributed by atoms with van der Waals surface area (Å²) in [5.41, 5.74) is 2.21. The monoisotopic (exact) mass is 531 g/mol. The predicted molar refractivity (Wildman–Crippen MR) is 136 cm³/mol. The first-order chi connectivity index (χ1) is 16.7. The Labute approximate surface area is 207 Å². The number of hydrogen-bond donors (Lipinski definition) is 2. The molecule has 1 heterocycles. The molecule has 0 bridgehead atoms. The van der Waals surface area contributed by atoms with Crippen LogP contribution in [0.15, 0.2) is 89.1 Å². The van der Waals surface area contributed by atoms with Crippen LogP contribution in [-0.4, -0.2) is 33.5 Å². The number of thiazole rings is 1. The van der Waals surface area contributed by atoms with E-state index in [0.717, 1.165) is 5.56 Å². The summed E-state index contributed by atoms with van der Waals surface area (Å²) in [6.45, 7) is -0.0621. The van der Waals surface area contributed by atoms with Gasteiger partial charge in [0.1, 0.15) is 5.75 Å². The third-order valence-corrected chi connectivity index (χ3v) is 8.14. The predicted octanol–water partition coefficient (Wildman–Crippen LogP) is 4.43. The second-order valence-corrected chi connectivity index (χ2v) is 11.2. The fraction of sp³-hybridized carbons (Fsp3) is 0.0870. The molecule has 4 aromatic rings. The third-order valence-electron chi connectivity index (χ3n) is 4.93. The van der Waals surface area contributed by atoms with Gasteiger partial charge < -0.3 is 4.74 Å². The fourth-order valence-electron chi connectivity index (χ4n) is 3.26. The summed E-state index contributed by atoms with van der Waals surface area (Å²) in [5, 5.41) is 2.06. The van der Waals surface area contributed by atoms with Crippen LogP contribution in [0.1, 0.15) is 5.56 Å². The summed E-state index contributed by atoms with van der Waals surface area (Å²) in [4.78, 5) is 4.63. The van der Waals surface area contributed by atoms with Gasteiger partial charge in [0.25, 0.3) is 10.0 Å². The molecule has 12 heteroatoms. The molecule has 3 aromatic carbocycles. The largest absolute Gasteiger partial charge is 0.497 e. The highest BCUT2D eigenvalue weighted by molar-refractivity contribution is 7.93. The van der Waals surface area contributed by atoms with Crippen LogP contribution in [0.3, 0.4) is 0 Å². The van der Waals surface area contributed by atoms with Crippen LogP contribution >= 0.6 is 11.3 Å². The van der Waals surface area contributed by atoms with E-state index < -0.39 is 20.3 Å². The van der Waals surface area contributed by atoms with E-state index in [2.05, 4.69) is 4.98 Å². The number of sulfonamides is 1. The van der Waals surface area contributed by atoms with Gasteiger partial charge in [0, 0.05) is 17.0 Å². The zero-order chi connectivity index (χ0) is 25.1. The van der Waals surface area contributed by atoms with Crippen molar-refractivity contribution >= 4 is 42.5 Å². The molecule has 0 saturated heterocycles. The van der Waals surface area contributed by atoms with Gasteiger partial charge in [-0.05, 0) is 29.8 Å². The van der Waals surface area contributed by atoms with Crippen LogP contribution in [0.25, 0.3) is 11.3 Å². The highest BCUT2D eigenvalue weighted by Crippen LogP contribution is 2.33. The van der Waals surface area contributed by atoms with Crippen LogP contribution in [0, 0.1) is 0 Å². The van der Waals surface area contributed by atoms with Crippen LogP contribution in [-0.2, 0) is 26.9 Å². The summed E-state index contributed by atoms with van der Waals surface area (Å²) in [7, 11) is -7.01. The maximum Gasteiger partial charge on any atom is 0.357 e. The second-order valence-electron chi connectivity index (χ2n) is 7.35. The number of rotatable bonds is 9. The van der Waals surface area contributed by atoms with Crippen molar-refractivity contribution in [1.82, 2.24) is 4.98 Å². The number of ether oxygens (including phenoxy) is 1. The van der Waals surface area contributed by atoms with Crippen molar-refractivity contribution in [3.8, 4) is 17.0 Å². The SMILES string of the molecule is COc1cccc(S(=O)(=O)N(Cc2ccc(NS(=O)(=O)O)cc2)c2nc(-c3ccccc3)cs2)c1. The van der Waals surface area contributed by atoms with Crippen molar-refractivity contribution in [2.45, 2.75) is 11.4 Å². The molecular formula is C23H21N3O6S3. The van der Waals surface area contributed by atoms with Crippen molar-refractivity contribution in [1.29, 1.82) is 0 Å². The minimum Gasteiger partial charge on any atom is -0.497 e. The Morgan fingerprint density at radius 3 is 2.34 bits per heavy atom. The summed E-state index contributed by atoms with van der Waals surface area (Å²) in [6.07, 6.45) is 0. The average molecular weight is 532 g/mol. The molecule has 0 atom stereocenters. The molecule has 0 aliphatic rings. The van der Waals surface area contributed by atoms with Gasteiger partial charge in [-0.3, -0.25) is 9.27 Å². The molecule has 0 aliphatic carbocycles. The zero-order valence-corrected chi connectivity index (χ0v) is 20.8. The molecule has 0 amide bonds. The molecule has 0 unspecified atom stereocenters. The molecule has 9 nitrogen and oxygen atoms in total. The Hall–Kier alpha value is -3.45. The lowest BCUT2D eigenvalue weighted by Gasteiger charge is -2.22. The Bertz CT molecular complexity index is 1520. The number of hydrogen-bond acceptors (Lipinski definition) is 7. The van der Waals surface area contributed by atoms with Crippen LogP contribution < -0.4 is 13.8 Å². The number of methoxy groups -OCH3 is 1. The van der Waals surface area contributed by atoms with Gasteiger partial charge in [-0.25, -0.2) is 17.7 Å². The normalized spacial score (nSPS) is 11.7. The quantitative estimate of drug-likeness (QED) is 0.306. The Morgan fingerprint density at radius 2 is 1.69 bits per heavy atom. The van der Waals surface area contributed by atoms with Crippen molar-refractivity contribution in [3.05, 3.63) is 89.8 Å². The highest BCUT2D eigenvalue weighted by Gasteiger charge is 2.28. The fourth-order valence-corrected chi connectivity index (χ4v) is 6.19. The highest BCUT2D eigenvalue weighted by atomic mass is 32.2. The maximum atomic E-state index is 13.7. The zero-order valence-electron chi connectivity index (χ0n) is 18.4. The molecule has 0 aliphatic heterocycles. The summed E-state index contributed by atoms with van der Waals surface area (Å²) >= 11 is 1.19. The number of aromatic nitrogens is 1. The Balaban J connectivity index is 1.73. The first kappa shape index (κ1) is 24.7. The van der Waals surface area contributed by atoms with Crippen molar-refractivity contribution in [3.63, 3.8) is 0 Å². The Morgan fingerprint density at radius 1 is 0.971 bits per heavy atom. The van der Waals surface area contributed by atoms with Crippen LogP contribution in [0.5, 0.6) is 5.75 Å². The topological polar surface area (TPSA) is 126 Å². The van der Waals surface area contributed by atoms with E-state index in [4.69, 9.17) is 9.29 Å². The Kier molecular flexibility index (Phi) is 7.08. The van der Waals surface area contributed by atoms with E-state index in [0.29, 0.717) is 17.0 Å². The first-order valence-electron chi connectivity index (χ1n) is 10.2. The molecule has 0 spiro atoms. The lowest BCUT2D eigenvalue weighted by atomic mass is 10.2. The van der Waals surface area contributed by atoms with E-state index >= 15 is 0 Å². The van der Waals surface area contributed by atoms with E-state index in [9.17, 15) is 16.8 Å². The van der Waals surface area contributed by atoms with Crippen molar-refractivity contribution in [2.75, 3.05) is 16.1 Å². The van der Waals surface area contributed by atoms with Gasteiger partial charge in [0.15, 0.2) is 5.13 Å². The average Bonchev–Trinajstić information content (AvgIpc) is 3.33. The summed E-state index contributed by atoms with van der Waals surface area (Å²) in [6, 6.07) is 21.6. The molecule has 0 fully saturated rings. The second kappa shape index (κ2) is 10.0. The standard InChI is InChI=1S/C23H21N3O6S3/c1-32-20-8-5-9-21(14-20)34(27,28)26(15-17-10-12-19(13-11-17)25-35(29,30)31)23-24-22(16-33-23)18-6-3-2-4-7-18/h2-14,16,25H,15H2,1H3,(H,29,30,31). The van der Waals surface area contributed by atoms with Gasteiger partial charge in [-0.15, -0.1) is 11.3 Å². The minimum absolute atomic E-state index is 0.0398. The van der Waals surface area contributed by atoms with Crippen LogP contribution in [0.2, 0.25) is 0 Å². The molecule has 0 saturated carbocycles. The van der Waals surface area contributed by atoms with E-state index in [-0.39, 0.29) is 22.3 Å². The molecule has 4 rings (SSSR count). The van der Waals surface area contributed by atoms with E-state index in [1.807, 2.05) is 35.1 Å².